The van der Waals surface area contributed by atoms with E-state index < -0.39 is 0 Å². The molecule has 1 fully saturated rings. The van der Waals surface area contributed by atoms with Gasteiger partial charge < -0.3 is 15.0 Å². The van der Waals surface area contributed by atoms with E-state index in [1.807, 2.05) is 11.3 Å². The molecular formula is C16H29N3OS. The molecule has 0 bridgehead atoms. The Bertz CT molecular complexity index is 458. The van der Waals surface area contributed by atoms with Crippen molar-refractivity contribution in [3.63, 3.8) is 0 Å². The van der Waals surface area contributed by atoms with E-state index in [0.717, 1.165) is 44.4 Å². The fourth-order valence-corrected chi connectivity index (χ4v) is 3.96. The first-order valence-corrected chi connectivity index (χ1v) is 8.87. The van der Waals surface area contributed by atoms with Gasteiger partial charge in [0.2, 0.25) is 0 Å². The first-order valence-electron chi connectivity index (χ1n) is 8.05. The van der Waals surface area contributed by atoms with Crippen LogP contribution >= 0.6 is 11.3 Å². The second-order valence-corrected chi connectivity index (χ2v) is 7.47. The molecule has 2 heterocycles. The maximum atomic E-state index is 5.63. The van der Waals surface area contributed by atoms with E-state index >= 15 is 0 Å². The summed E-state index contributed by atoms with van der Waals surface area (Å²) in [6.07, 6.45) is 1.13. The summed E-state index contributed by atoms with van der Waals surface area (Å²) < 4.78 is 5.63. The van der Waals surface area contributed by atoms with Crippen molar-refractivity contribution in [3.05, 3.63) is 10.6 Å². The Morgan fingerprint density at radius 3 is 2.81 bits per heavy atom. The van der Waals surface area contributed by atoms with Crippen molar-refractivity contribution in [1.29, 1.82) is 0 Å². The SMILES string of the molecule is CCNCc1sc(N2CCOCC2(C)C)nc1C(C)CC. The molecule has 1 aliphatic rings. The molecule has 4 nitrogen and oxygen atoms in total. The molecule has 0 spiro atoms. The third kappa shape index (κ3) is 3.76. The third-order valence-electron chi connectivity index (χ3n) is 4.21. The summed E-state index contributed by atoms with van der Waals surface area (Å²) in [6.45, 7) is 15.6. The van der Waals surface area contributed by atoms with Gasteiger partial charge in [0, 0.05) is 18.0 Å². The summed E-state index contributed by atoms with van der Waals surface area (Å²) in [7, 11) is 0. The van der Waals surface area contributed by atoms with Gasteiger partial charge in [-0.3, -0.25) is 0 Å². The van der Waals surface area contributed by atoms with Crippen LogP contribution in [0.4, 0.5) is 5.13 Å². The van der Waals surface area contributed by atoms with Crippen LogP contribution in [0.1, 0.15) is 57.5 Å². The summed E-state index contributed by atoms with van der Waals surface area (Å²) in [4.78, 5) is 8.81. The normalized spacial score (nSPS) is 19.8. The minimum Gasteiger partial charge on any atom is -0.377 e. The first-order chi connectivity index (χ1) is 9.99. The van der Waals surface area contributed by atoms with Crippen LogP contribution in [-0.2, 0) is 11.3 Å². The summed E-state index contributed by atoms with van der Waals surface area (Å²) in [5, 5.41) is 4.61. The zero-order chi connectivity index (χ0) is 15.5. The number of nitrogens with zero attached hydrogens (tertiary/aromatic N) is 2. The van der Waals surface area contributed by atoms with E-state index in [4.69, 9.17) is 9.72 Å². The molecule has 0 aromatic carbocycles. The predicted octanol–water partition coefficient (Wildman–Crippen LogP) is 3.38. The van der Waals surface area contributed by atoms with E-state index in [0.29, 0.717) is 5.92 Å². The predicted molar refractivity (Wildman–Crippen MR) is 90.4 cm³/mol. The Hall–Kier alpha value is -0.650. The summed E-state index contributed by atoms with van der Waals surface area (Å²) in [6, 6.07) is 0. The molecule has 1 aromatic rings. The van der Waals surface area contributed by atoms with Crippen LogP contribution in [0.3, 0.4) is 0 Å². The zero-order valence-corrected chi connectivity index (χ0v) is 14.8. The van der Waals surface area contributed by atoms with Gasteiger partial charge in [-0.1, -0.05) is 20.8 Å². The number of hydrogen-bond donors (Lipinski definition) is 1. The molecule has 0 saturated carbocycles. The van der Waals surface area contributed by atoms with Gasteiger partial charge in [-0.2, -0.15) is 0 Å². The lowest BCUT2D eigenvalue weighted by Crippen LogP contribution is -2.53. The number of ether oxygens (including phenoxy) is 1. The number of thiazole rings is 1. The van der Waals surface area contributed by atoms with Gasteiger partial charge in [0.1, 0.15) is 0 Å². The van der Waals surface area contributed by atoms with Crippen LogP contribution < -0.4 is 10.2 Å². The molecular weight excluding hydrogens is 282 g/mol. The lowest BCUT2D eigenvalue weighted by Gasteiger charge is -2.42. The van der Waals surface area contributed by atoms with Crippen LogP contribution in [-0.4, -0.2) is 36.8 Å². The fraction of sp³-hybridized carbons (Fsp3) is 0.812. The lowest BCUT2D eigenvalue weighted by atomic mass is 10.0. The van der Waals surface area contributed by atoms with Crippen molar-refractivity contribution < 1.29 is 4.74 Å². The molecule has 5 heteroatoms. The molecule has 1 saturated heterocycles. The van der Waals surface area contributed by atoms with Crippen LogP contribution in [0.5, 0.6) is 0 Å². The van der Waals surface area contributed by atoms with Gasteiger partial charge in [0.25, 0.3) is 0 Å². The van der Waals surface area contributed by atoms with Crippen molar-refractivity contribution in [1.82, 2.24) is 10.3 Å². The molecule has 0 aliphatic carbocycles. The molecule has 1 atom stereocenters. The number of anilines is 1. The minimum atomic E-state index is 0.0261. The molecule has 0 amide bonds. The smallest absolute Gasteiger partial charge is 0.186 e. The first kappa shape index (κ1) is 16.7. The molecule has 1 N–H and O–H groups in total. The van der Waals surface area contributed by atoms with E-state index in [1.54, 1.807) is 0 Å². The van der Waals surface area contributed by atoms with Gasteiger partial charge in [-0.25, -0.2) is 4.98 Å². The van der Waals surface area contributed by atoms with Crippen molar-refractivity contribution in [2.24, 2.45) is 0 Å². The van der Waals surface area contributed by atoms with E-state index in [1.165, 1.54) is 10.6 Å². The average Bonchev–Trinajstić information content (AvgIpc) is 2.87. The Labute approximate surface area is 132 Å². The topological polar surface area (TPSA) is 37.4 Å². The van der Waals surface area contributed by atoms with Gasteiger partial charge in [-0.15, -0.1) is 11.3 Å². The highest BCUT2D eigenvalue weighted by atomic mass is 32.1. The summed E-state index contributed by atoms with van der Waals surface area (Å²) in [5.74, 6) is 0.521. The molecule has 2 rings (SSSR count). The second-order valence-electron chi connectivity index (χ2n) is 6.41. The second kappa shape index (κ2) is 7.07. The number of nitrogens with one attached hydrogen (secondary N) is 1. The zero-order valence-electron chi connectivity index (χ0n) is 14.0. The van der Waals surface area contributed by atoms with Crippen molar-refractivity contribution in [3.8, 4) is 0 Å². The van der Waals surface area contributed by atoms with Crippen molar-refractivity contribution >= 4 is 16.5 Å². The number of rotatable bonds is 6. The Morgan fingerprint density at radius 2 is 2.19 bits per heavy atom. The largest absolute Gasteiger partial charge is 0.377 e. The van der Waals surface area contributed by atoms with Crippen LogP contribution in [0.2, 0.25) is 0 Å². The molecule has 0 radical (unpaired) electrons. The van der Waals surface area contributed by atoms with Gasteiger partial charge in [0.05, 0.1) is 24.4 Å². The van der Waals surface area contributed by atoms with Crippen molar-refractivity contribution in [2.45, 2.75) is 59.0 Å². The average molecular weight is 311 g/mol. The maximum absolute atomic E-state index is 5.63. The van der Waals surface area contributed by atoms with E-state index in [-0.39, 0.29) is 5.54 Å². The lowest BCUT2D eigenvalue weighted by molar-refractivity contribution is 0.0643. The highest BCUT2D eigenvalue weighted by Crippen LogP contribution is 2.36. The van der Waals surface area contributed by atoms with Gasteiger partial charge in [0.15, 0.2) is 5.13 Å². The molecule has 120 valence electrons. The van der Waals surface area contributed by atoms with E-state index in [9.17, 15) is 0 Å². The summed E-state index contributed by atoms with van der Waals surface area (Å²) >= 11 is 1.85. The summed E-state index contributed by atoms with van der Waals surface area (Å²) in [5.41, 5.74) is 1.30. The third-order valence-corrected chi connectivity index (χ3v) is 5.30. The van der Waals surface area contributed by atoms with Crippen molar-refractivity contribution in [2.75, 3.05) is 31.2 Å². The van der Waals surface area contributed by atoms with E-state index in [2.05, 4.69) is 44.8 Å². The number of morpholine rings is 1. The number of hydrogen-bond acceptors (Lipinski definition) is 5. The highest BCUT2D eigenvalue weighted by Gasteiger charge is 2.33. The Kier molecular flexibility index (Phi) is 5.63. The maximum Gasteiger partial charge on any atom is 0.186 e. The quantitative estimate of drug-likeness (QED) is 0.874. The molecule has 21 heavy (non-hydrogen) atoms. The van der Waals surface area contributed by atoms with Crippen LogP contribution in [0.25, 0.3) is 0 Å². The standard InChI is InChI=1S/C16H29N3OS/c1-6-12(3)14-13(10-17-7-2)21-15(18-14)19-8-9-20-11-16(19,4)5/h12,17H,6-11H2,1-5H3. The highest BCUT2D eigenvalue weighted by molar-refractivity contribution is 7.15. The minimum absolute atomic E-state index is 0.0261. The van der Waals surface area contributed by atoms with Gasteiger partial charge in [-0.05, 0) is 32.7 Å². The number of aromatic nitrogens is 1. The van der Waals surface area contributed by atoms with Crippen LogP contribution in [0.15, 0.2) is 0 Å². The molecule has 1 aliphatic heterocycles. The monoisotopic (exact) mass is 311 g/mol. The molecule has 1 aromatic heterocycles. The fourth-order valence-electron chi connectivity index (χ4n) is 2.62. The Balaban J connectivity index is 2.29. The molecule has 1 unspecified atom stereocenters. The Morgan fingerprint density at radius 1 is 1.43 bits per heavy atom. The van der Waals surface area contributed by atoms with Crippen LogP contribution in [0, 0.1) is 0 Å². The van der Waals surface area contributed by atoms with Gasteiger partial charge >= 0.3 is 0 Å².